The fourth-order valence-corrected chi connectivity index (χ4v) is 48.3. The summed E-state index contributed by atoms with van der Waals surface area (Å²) >= 11 is 0. The first-order chi connectivity index (χ1) is 24.5. The van der Waals surface area contributed by atoms with Crippen LogP contribution in [0.25, 0.3) is 0 Å². The Morgan fingerprint density at radius 2 is 1.26 bits per heavy atom. The molecule has 20 heteroatoms. The summed E-state index contributed by atoms with van der Waals surface area (Å²) in [6.45, 7) is 32.7. The van der Waals surface area contributed by atoms with Gasteiger partial charge in [-0.15, -0.1) is 0 Å². The van der Waals surface area contributed by atoms with Gasteiger partial charge in [-0.2, -0.15) is 18.2 Å². The summed E-state index contributed by atoms with van der Waals surface area (Å²) in [4.78, 5) is 24.9. The SMILES string of the molecule is CC(C)[SiH](C(C)C)[Si](OOC[C@H]1OC(n2ccc(N)nc2=O)[C@](O)(S(=O)(=O)C(F)(F)F)[C@@H]1OO[Si](C(C)C)(C(C)C)[SiH](C(C)C)C(C)C)(C(C)C)C(C)C. The summed E-state index contributed by atoms with van der Waals surface area (Å²) in [5.41, 5.74) is -0.595. The molecule has 2 rings (SSSR count). The van der Waals surface area contributed by atoms with Gasteiger partial charge in [-0.1, -0.05) is 133 Å². The lowest BCUT2D eigenvalue weighted by Crippen LogP contribution is -2.64. The Morgan fingerprint density at radius 3 is 1.61 bits per heavy atom. The molecule has 0 aliphatic carbocycles. The molecular formula is C34H68F3N3O9SSi4. The molecule has 1 aromatic rings. The van der Waals surface area contributed by atoms with Crippen molar-refractivity contribution >= 4 is 48.0 Å². The van der Waals surface area contributed by atoms with Crippen LogP contribution in [-0.4, -0.2) is 84.6 Å². The Labute approximate surface area is 325 Å². The maximum Gasteiger partial charge on any atom is 0.500 e. The van der Waals surface area contributed by atoms with Gasteiger partial charge in [-0.05, 0) is 28.2 Å². The predicted molar refractivity (Wildman–Crippen MR) is 216 cm³/mol. The summed E-state index contributed by atoms with van der Waals surface area (Å²) in [7, 11) is -16.1. The van der Waals surface area contributed by atoms with E-state index in [9.17, 15) is 31.5 Å². The first-order valence-corrected chi connectivity index (χ1v) is 31.1. The fraction of sp³-hybridized carbons (Fsp3) is 0.882. The van der Waals surface area contributed by atoms with Crippen molar-refractivity contribution < 1.29 is 50.4 Å². The normalized spacial score (nSPS) is 22.4. The minimum Gasteiger partial charge on any atom is -0.383 e. The van der Waals surface area contributed by atoms with Gasteiger partial charge in [0.15, 0.2) is 12.3 Å². The lowest BCUT2D eigenvalue weighted by molar-refractivity contribution is -0.300. The van der Waals surface area contributed by atoms with Crippen LogP contribution in [-0.2, 0) is 33.5 Å². The molecule has 1 aliphatic heterocycles. The van der Waals surface area contributed by atoms with E-state index in [-0.39, 0.29) is 39.1 Å². The molecule has 1 aromatic heterocycles. The molecule has 1 aliphatic rings. The summed E-state index contributed by atoms with van der Waals surface area (Å²) in [5, 5.41) is 12.3. The molecule has 0 amide bonds. The zero-order valence-corrected chi connectivity index (χ0v) is 40.2. The summed E-state index contributed by atoms with van der Waals surface area (Å²) < 4.78 is 91.2. The Morgan fingerprint density at radius 1 is 0.852 bits per heavy atom. The standard InChI is InChI=1S/C34H68F3N3O9SSi4/c1-20(2)51(21(3)4)53(24(9)10,25(11)12)48-45-19-28-30(47-49-54(26(13)14,27(15)16)52(22(5)6)23(7)8)33(42,50(43,44)34(35,36)37)31(46-28)40-18-17-29(38)39-32(40)41/h17-18,20-28,30-31,42,51-52H,19H2,1-16H3,(H2,38,39,41)/t28-,30-,31?,33-/m1/s1. The van der Waals surface area contributed by atoms with Crippen LogP contribution >= 0.6 is 0 Å². The van der Waals surface area contributed by atoms with Gasteiger partial charge < -0.3 is 15.6 Å². The van der Waals surface area contributed by atoms with Gasteiger partial charge in [-0.3, -0.25) is 13.7 Å². The van der Waals surface area contributed by atoms with Gasteiger partial charge in [0.2, 0.25) is 15.7 Å². The van der Waals surface area contributed by atoms with Gasteiger partial charge in [0.1, 0.15) is 18.5 Å². The molecule has 1 fully saturated rings. The van der Waals surface area contributed by atoms with Crippen molar-refractivity contribution in [1.82, 2.24) is 9.55 Å². The number of hydrogen-bond acceptors (Lipinski definition) is 11. The van der Waals surface area contributed by atoms with E-state index in [1.165, 1.54) is 0 Å². The first kappa shape index (κ1) is 49.2. The highest BCUT2D eigenvalue weighted by atomic mass is 32.2. The molecule has 0 saturated carbocycles. The van der Waals surface area contributed by atoms with E-state index in [0.717, 1.165) is 12.3 Å². The third-order valence-electron chi connectivity index (χ3n) is 11.5. The molecule has 54 heavy (non-hydrogen) atoms. The number of nitrogen functional groups attached to an aromatic ring is 1. The van der Waals surface area contributed by atoms with Gasteiger partial charge in [0.25, 0.3) is 14.8 Å². The Bertz CT molecular complexity index is 1520. The van der Waals surface area contributed by atoms with Crippen molar-refractivity contribution in [2.45, 2.75) is 184 Å². The largest absolute Gasteiger partial charge is 0.500 e. The second kappa shape index (κ2) is 18.3. The van der Waals surface area contributed by atoms with Gasteiger partial charge in [-0.25, -0.2) is 23.0 Å². The van der Waals surface area contributed by atoms with E-state index in [4.69, 9.17) is 29.4 Å². The topological polar surface area (TPSA) is 161 Å². The number of aliphatic hydroxyl groups is 1. The highest BCUT2D eigenvalue weighted by molar-refractivity contribution is 7.93. The molecule has 0 bridgehead atoms. The van der Waals surface area contributed by atoms with E-state index in [2.05, 4.69) is 88.1 Å². The molecule has 1 saturated heterocycles. The first-order valence-electron chi connectivity index (χ1n) is 19.2. The van der Waals surface area contributed by atoms with Crippen molar-refractivity contribution in [3.05, 3.63) is 22.7 Å². The highest BCUT2D eigenvalue weighted by Gasteiger charge is 2.74. The predicted octanol–water partition coefficient (Wildman–Crippen LogP) is 7.39. The highest BCUT2D eigenvalue weighted by Crippen LogP contribution is 2.51. The number of hydrogen-bond donors (Lipinski definition) is 2. The quantitative estimate of drug-likeness (QED) is 0.0811. The Kier molecular flexibility index (Phi) is 16.7. The number of ether oxygens (including phenoxy) is 1. The second-order valence-corrected chi connectivity index (χ2v) is 44.9. The summed E-state index contributed by atoms with van der Waals surface area (Å²) in [5.74, 6) is -0.276. The van der Waals surface area contributed by atoms with Crippen molar-refractivity contribution in [2.75, 3.05) is 12.3 Å². The molecule has 1 unspecified atom stereocenters. The lowest BCUT2D eigenvalue weighted by atomic mass is 10.1. The van der Waals surface area contributed by atoms with Crippen LogP contribution in [0, 0.1) is 0 Å². The molecule has 12 nitrogen and oxygen atoms in total. The van der Waals surface area contributed by atoms with E-state index in [1.54, 1.807) is 0 Å². The third kappa shape index (κ3) is 9.02. The zero-order valence-electron chi connectivity index (χ0n) is 35.1. The number of halogens is 3. The van der Waals surface area contributed by atoms with Gasteiger partial charge in [0, 0.05) is 6.20 Å². The van der Waals surface area contributed by atoms with E-state index >= 15 is 0 Å². The molecule has 316 valence electrons. The number of alkyl halides is 3. The molecule has 0 aromatic carbocycles. The summed E-state index contributed by atoms with van der Waals surface area (Å²) in [6.07, 6.45) is -5.65. The molecule has 3 N–H and O–H groups in total. The van der Waals surface area contributed by atoms with Crippen LogP contribution in [0.4, 0.5) is 19.0 Å². The van der Waals surface area contributed by atoms with Gasteiger partial charge in [0.05, 0.1) is 16.6 Å². The van der Waals surface area contributed by atoms with Crippen molar-refractivity contribution in [2.24, 2.45) is 0 Å². The smallest absolute Gasteiger partial charge is 0.383 e. The van der Waals surface area contributed by atoms with Crippen LogP contribution < -0.4 is 11.4 Å². The number of nitrogens with zero attached hydrogens (tertiary/aromatic N) is 2. The van der Waals surface area contributed by atoms with Crippen LogP contribution in [0.2, 0.25) is 44.3 Å². The third-order valence-corrected chi connectivity index (χ3v) is 52.1. The average molecular weight is 864 g/mol. The van der Waals surface area contributed by atoms with E-state index < -0.39 is 83.3 Å². The van der Waals surface area contributed by atoms with Crippen molar-refractivity contribution in [3.63, 3.8) is 0 Å². The Hall–Kier alpha value is -0.952. The lowest BCUT2D eigenvalue weighted by Gasteiger charge is -2.47. The van der Waals surface area contributed by atoms with Crippen LogP contribution in [0.5, 0.6) is 0 Å². The van der Waals surface area contributed by atoms with Crippen LogP contribution in [0.1, 0.15) is 117 Å². The monoisotopic (exact) mass is 863 g/mol. The summed E-state index contributed by atoms with van der Waals surface area (Å²) in [6, 6.07) is 1.08. The van der Waals surface area contributed by atoms with Crippen molar-refractivity contribution in [3.8, 4) is 0 Å². The minimum atomic E-state index is -6.61. The van der Waals surface area contributed by atoms with Crippen LogP contribution in [0.3, 0.4) is 0 Å². The van der Waals surface area contributed by atoms with Crippen molar-refractivity contribution in [1.29, 1.82) is 0 Å². The number of nitrogens with two attached hydrogens (primary N) is 1. The maximum absolute atomic E-state index is 14.7. The average Bonchev–Trinajstić information content (AvgIpc) is 3.28. The fourth-order valence-electron chi connectivity index (χ4n) is 9.67. The molecule has 2 heterocycles. The number of rotatable bonds is 19. The second-order valence-electron chi connectivity index (χ2n) is 17.6. The minimum absolute atomic E-state index is 0.0891. The Balaban J connectivity index is 2.93. The van der Waals surface area contributed by atoms with E-state index in [1.807, 2.05) is 27.7 Å². The molecule has 0 radical (unpaired) electrons. The molecular weight excluding hydrogens is 796 g/mol. The molecule has 4 atom stereocenters. The number of sulfone groups is 1. The van der Waals surface area contributed by atoms with E-state index in [0.29, 0.717) is 15.6 Å². The molecule has 0 spiro atoms. The maximum atomic E-state index is 14.7. The zero-order chi connectivity index (χ0) is 42.1. The van der Waals surface area contributed by atoms with Crippen LogP contribution in [0.15, 0.2) is 17.1 Å². The number of aromatic nitrogens is 2. The number of anilines is 1. The van der Waals surface area contributed by atoms with Gasteiger partial charge >= 0.3 is 11.2 Å².